The van der Waals surface area contributed by atoms with Gasteiger partial charge in [0.15, 0.2) is 12.2 Å². The van der Waals surface area contributed by atoms with Crippen LogP contribution in [0, 0.1) is 5.41 Å². The third kappa shape index (κ3) is 5.23. The Morgan fingerprint density at radius 2 is 1.76 bits per heavy atom. The average Bonchev–Trinajstić information content (AvgIpc) is 2.85. The van der Waals surface area contributed by atoms with Crippen molar-refractivity contribution in [1.29, 1.82) is 5.41 Å². The second-order valence-electron chi connectivity index (χ2n) is 8.63. The lowest BCUT2D eigenvalue weighted by atomic mass is 9.84. The lowest BCUT2D eigenvalue weighted by molar-refractivity contribution is -0.150. The molecule has 4 rings (SSSR count). The number of aliphatic hydroxyl groups excluding tert-OH is 1. The lowest BCUT2D eigenvalue weighted by Crippen LogP contribution is -2.55. The fourth-order valence-electron chi connectivity index (χ4n) is 4.54. The molecule has 8 heteroatoms. The number of morpholine rings is 1. The molecular formula is C25H30N4O4. The molecule has 1 aliphatic carbocycles. The SMILES string of the molecule is N=C(N)c1ccc(NC(=O)[C@H](O)[C@H]2OCCN(c3ccc(C4CCCCC4)cc3)C2=O)cc1. The number of nitrogens with zero attached hydrogens (tertiary/aromatic N) is 1. The van der Waals surface area contributed by atoms with Gasteiger partial charge in [0.1, 0.15) is 5.84 Å². The van der Waals surface area contributed by atoms with E-state index in [0.29, 0.717) is 23.7 Å². The molecule has 5 N–H and O–H groups in total. The Balaban J connectivity index is 1.40. The highest BCUT2D eigenvalue weighted by molar-refractivity contribution is 6.04. The number of benzene rings is 2. The van der Waals surface area contributed by atoms with E-state index in [4.69, 9.17) is 15.9 Å². The summed E-state index contributed by atoms with van der Waals surface area (Å²) in [5.74, 6) is -0.684. The van der Waals surface area contributed by atoms with E-state index in [-0.39, 0.29) is 12.4 Å². The summed E-state index contributed by atoms with van der Waals surface area (Å²) in [4.78, 5) is 27.2. The van der Waals surface area contributed by atoms with Crippen molar-refractivity contribution in [3.05, 3.63) is 59.7 Å². The van der Waals surface area contributed by atoms with Crippen LogP contribution >= 0.6 is 0 Å². The monoisotopic (exact) mass is 450 g/mol. The van der Waals surface area contributed by atoms with Crippen molar-refractivity contribution in [3.63, 3.8) is 0 Å². The van der Waals surface area contributed by atoms with E-state index >= 15 is 0 Å². The molecule has 2 aliphatic rings. The minimum Gasteiger partial charge on any atom is -0.384 e. The van der Waals surface area contributed by atoms with E-state index in [1.54, 1.807) is 29.2 Å². The Hall–Kier alpha value is -3.23. The highest BCUT2D eigenvalue weighted by Crippen LogP contribution is 2.33. The Morgan fingerprint density at radius 1 is 1.09 bits per heavy atom. The number of amidine groups is 1. The van der Waals surface area contributed by atoms with Gasteiger partial charge in [-0.05, 0) is 60.7 Å². The molecule has 2 atom stereocenters. The second-order valence-corrected chi connectivity index (χ2v) is 8.63. The van der Waals surface area contributed by atoms with Crippen LogP contribution in [0.15, 0.2) is 48.5 Å². The fourth-order valence-corrected chi connectivity index (χ4v) is 4.54. The summed E-state index contributed by atoms with van der Waals surface area (Å²) in [5, 5.41) is 20.5. The molecule has 1 saturated carbocycles. The summed E-state index contributed by atoms with van der Waals surface area (Å²) >= 11 is 0. The predicted molar refractivity (Wildman–Crippen MR) is 126 cm³/mol. The zero-order chi connectivity index (χ0) is 23.4. The van der Waals surface area contributed by atoms with Crippen molar-refractivity contribution in [3.8, 4) is 0 Å². The number of ether oxygens (including phenoxy) is 1. The molecule has 33 heavy (non-hydrogen) atoms. The molecule has 2 amide bonds. The number of hydrogen-bond donors (Lipinski definition) is 4. The topological polar surface area (TPSA) is 129 Å². The number of amides is 2. The van der Waals surface area contributed by atoms with Gasteiger partial charge >= 0.3 is 0 Å². The number of aliphatic hydroxyl groups is 1. The van der Waals surface area contributed by atoms with Gasteiger partial charge in [-0.3, -0.25) is 15.0 Å². The van der Waals surface area contributed by atoms with Crippen LogP contribution < -0.4 is 16.0 Å². The molecule has 2 aromatic rings. The molecule has 1 heterocycles. The summed E-state index contributed by atoms with van der Waals surface area (Å²) in [6.07, 6.45) is 3.29. The molecule has 2 aromatic carbocycles. The zero-order valence-electron chi connectivity index (χ0n) is 18.5. The molecule has 0 radical (unpaired) electrons. The molecule has 0 aromatic heterocycles. The van der Waals surface area contributed by atoms with Crippen LogP contribution in [-0.4, -0.2) is 48.1 Å². The van der Waals surface area contributed by atoms with Crippen molar-refractivity contribution in [2.45, 2.75) is 50.2 Å². The van der Waals surface area contributed by atoms with Gasteiger partial charge in [0.05, 0.1) is 6.61 Å². The van der Waals surface area contributed by atoms with Crippen LogP contribution in [-0.2, 0) is 14.3 Å². The van der Waals surface area contributed by atoms with Crippen molar-refractivity contribution >= 4 is 29.0 Å². The van der Waals surface area contributed by atoms with Gasteiger partial charge in [0, 0.05) is 23.5 Å². The summed E-state index contributed by atoms with van der Waals surface area (Å²) in [5.41, 5.74) is 8.40. The molecule has 0 spiro atoms. The number of carbonyl (C=O) groups is 2. The van der Waals surface area contributed by atoms with E-state index < -0.39 is 24.0 Å². The van der Waals surface area contributed by atoms with E-state index in [9.17, 15) is 14.7 Å². The van der Waals surface area contributed by atoms with Crippen LogP contribution in [0.2, 0.25) is 0 Å². The van der Waals surface area contributed by atoms with Gasteiger partial charge in [-0.2, -0.15) is 0 Å². The first-order valence-electron chi connectivity index (χ1n) is 11.4. The Bertz CT molecular complexity index is 1000. The number of hydrogen-bond acceptors (Lipinski definition) is 5. The lowest BCUT2D eigenvalue weighted by Gasteiger charge is -2.34. The number of anilines is 2. The first kappa shape index (κ1) is 22.9. The van der Waals surface area contributed by atoms with E-state index in [1.165, 1.54) is 37.7 Å². The van der Waals surface area contributed by atoms with Crippen molar-refractivity contribution in [1.82, 2.24) is 0 Å². The highest BCUT2D eigenvalue weighted by atomic mass is 16.5. The minimum absolute atomic E-state index is 0.0824. The summed E-state index contributed by atoms with van der Waals surface area (Å²) < 4.78 is 5.49. The number of carbonyl (C=O) groups excluding carboxylic acids is 2. The third-order valence-electron chi connectivity index (χ3n) is 6.42. The van der Waals surface area contributed by atoms with Crippen LogP contribution in [0.25, 0.3) is 0 Å². The second kappa shape index (κ2) is 10.1. The number of rotatable bonds is 6. The molecule has 0 bridgehead atoms. The molecule has 1 saturated heterocycles. The van der Waals surface area contributed by atoms with E-state index in [2.05, 4.69) is 17.4 Å². The number of nitrogens with two attached hydrogens (primary N) is 1. The normalized spacial score (nSPS) is 20.3. The van der Waals surface area contributed by atoms with Gasteiger partial charge in [-0.15, -0.1) is 0 Å². The summed E-state index contributed by atoms with van der Waals surface area (Å²) in [6, 6.07) is 14.4. The van der Waals surface area contributed by atoms with Gasteiger partial charge in [0.25, 0.3) is 11.8 Å². The third-order valence-corrected chi connectivity index (χ3v) is 6.42. The Morgan fingerprint density at radius 3 is 2.39 bits per heavy atom. The Labute approximate surface area is 193 Å². The largest absolute Gasteiger partial charge is 0.384 e. The highest BCUT2D eigenvalue weighted by Gasteiger charge is 2.39. The number of nitrogen functional groups attached to an aromatic ring is 1. The molecule has 1 aliphatic heterocycles. The fraction of sp³-hybridized carbons (Fsp3) is 0.400. The zero-order valence-corrected chi connectivity index (χ0v) is 18.5. The maximum Gasteiger partial charge on any atom is 0.259 e. The maximum absolute atomic E-state index is 13.1. The quantitative estimate of drug-likeness (QED) is 0.397. The molecule has 174 valence electrons. The van der Waals surface area contributed by atoms with Crippen LogP contribution in [0.1, 0.15) is 49.1 Å². The van der Waals surface area contributed by atoms with E-state index in [0.717, 1.165) is 5.69 Å². The molecule has 0 unspecified atom stereocenters. The minimum atomic E-state index is -1.66. The predicted octanol–water partition coefficient (Wildman–Crippen LogP) is 2.75. The van der Waals surface area contributed by atoms with Gasteiger partial charge in [-0.1, -0.05) is 31.4 Å². The first-order valence-corrected chi connectivity index (χ1v) is 11.4. The van der Waals surface area contributed by atoms with Crippen LogP contribution in [0.4, 0.5) is 11.4 Å². The van der Waals surface area contributed by atoms with E-state index in [1.807, 2.05) is 12.1 Å². The van der Waals surface area contributed by atoms with Gasteiger partial charge < -0.3 is 25.8 Å². The van der Waals surface area contributed by atoms with Crippen molar-refractivity contribution < 1.29 is 19.4 Å². The average molecular weight is 451 g/mol. The van der Waals surface area contributed by atoms with Gasteiger partial charge in [0.2, 0.25) is 0 Å². The first-order chi connectivity index (χ1) is 15.9. The Kier molecular flexibility index (Phi) is 7.05. The standard InChI is InChI=1S/C25H30N4O4/c26-23(27)18-6-10-19(11-7-18)28-24(31)21(30)22-25(32)29(14-15-33-22)20-12-8-17(9-13-20)16-4-2-1-3-5-16/h6-13,16,21-22,30H,1-5,14-15H2,(H3,26,27)(H,28,31)/t21-,22-/m1/s1. The van der Waals surface area contributed by atoms with Gasteiger partial charge in [-0.25, -0.2) is 0 Å². The van der Waals surface area contributed by atoms with Crippen LogP contribution in [0.5, 0.6) is 0 Å². The summed E-state index contributed by atoms with van der Waals surface area (Å²) in [6.45, 7) is 0.581. The van der Waals surface area contributed by atoms with Crippen molar-refractivity contribution in [2.24, 2.45) is 5.73 Å². The van der Waals surface area contributed by atoms with Crippen LogP contribution in [0.3, 0.4) is 0 Å². The number of nitrogens with one attached hydrogen (secondary N) is 2. The maximum atomic E-state index is 13.1. The summed E-state index contributed by atoms with van der Waals surface area (Å²) in [7, 11) is 0. The molecular weight excluding hydrogens is 420 g/mol. The van der Waals surface area contributed by atoms with Crippen molar-refractivity contribution in [2.75, 3.05) is 23.4 Å². The molecule has 2 fully saturated rings. The molecule has 8 nitrogen and oxygen atoms in total. The smallest absolute Gasteiger partial charge is 0.259 e.